The fourth-order valence-corrected chi connectivity index (χ4v) is 3.60. The van der Waals surface area contributed by atoms with E-state index in [2.05, 4.69) is 15.4 Å². The zero-order chi connectivity index (χ0) is 18.5. The second-order valence-electron chi connectivity index (χ2n) is 6.35. The number of carbonyl (C=O) groups is 2. The zero-order valence-electron chi connectivity index (χ0n) is 14.0. The molecule has 3 heterocycles. The number of amides is 2. The van der Waals surface area contributed by atoms with Crippen LogP contribution < -0.4 is 10.2 Å². The van der Waals surface area contributed by atoms with E-state index in [-0.39, 0.29) is 30.1 Å². The Morgan fingerprint density at radius 3 is 3.08 bits per heavy atom. The third kappa shape index (κ3) is 2.47. The zero-order valence-corrected chi connectivity index (χ0v) is 14.0. The molecule has 2 amide bonds. The number of hydrogen-bond acceptors (Lipinski definition) is 5. The number of fused-ring (bicyclic) bond motifs is 2. The van der Waals surface area contributed by atoms with Crippen molar-refractivity contribution in [3.63, 3.8) is 0 Å². The monoisotopic (exact) mass is 365 g/mol. The minimum absolute atomic E-state index is 0.152. The van der Waals surface area contributed by atoms with E-state index >= 15 is 0 Å². The SMILES string of the molecule is CCOC(=O)c1cnn2ccc(N3C(=O)N[C@@H]4[C@H]3CCCC4(F)F)nc12. The number of carbonyl (C=O) groups excluding carboxylic acids is 2. The predicted molar refractivity (Wildman–Crippen MR) is 86.3 cm³/mol. The maximum atomic E-state index is 14.1. The number of urea groups is 1. The maximum absolute atomic E-state index is 14.1. The van der Waals surface area contributed by atoms with E-state index in [4.69, 9.17) is 4.74 Å². The molecule has 10 heteroatoms. The smallest absolute Gasteiger partial charge is 0.343 e. The number of esters is 1. The third-order valence-corrected chi connectivity index (χ3v) is 4.78. The van der Waals surface area contributed by atoms with Crippen LogP contribution in [-0.2, 0) is 4.74 Å². The van der Waals surface area contributed by atoms with Crippen molar-refractivity contribution in [1.29, 1.82) is 0 Å². The van der Waals surface area contributed by atoms with E-state index < -0.39 is 30.0 Å². The van der Waals surface area contributed by atoms with Crippen molar-refractivity contribution in [1.82, 2.24) is 19.9 Å². The van der Waals surface area contributed by atoms with Gasteiger partial charge in [0.2, 0.25) is 0 Å². The molecule has 0 unspecified atom stereocenters. The average molecular weight is 365 g/mol. The van der Waals surface area contributed by atoms with Gasteiger partial charge in [0.1, 0.15) is 17.4 Å². The summed E-state index contributed by atoms with van der Waals surface area (Å²) in [6, 6.07) is -1.02. The molecule has 1 saturated carbocycles. The van der Waals surface area contributed by atoms with Gasteiger partial charge in [-0.3, -0.25) is 4.90 Å². The maximum Gasteiger partial charge on any atom is 0.343 e. The molecule has 0 spiro atoms. The Kier molecular flexibility index (Phi) is 3.78. The van der Waals surface area contributed by atoms with Crippen LogP contribution in [0.5, 0.6) is 0 Å². The quantitative estimate of drug-likeness (QED) is 0.841. The van der Waals surface area contributed by atoms with E-state index in [9.17, 15) is 18.4 Å². The number of rotatable bonds is 3. The van der Waals surface area contributed by atoms with Gasteiger partial charge >= 0.3 is 12.0 Å². The first-order valence-electron chi connectivity index (χ1n) is 8.41. The summed E-state index contributed by atoms with van der Waals surface area (Å²) in [6.07, 6.45) is 3.39. The van der Waals surface area contributed by atoms with Gasteiger partial charge in [-0.2, -0.15) is 5.10 Å². The van der Waals surface area contributed by atoms with Crippen LogP contribution in [-0.4, -0.2) is 51.2 Å². The van der Waals surface area contributed by atoms with E-state index in [1.165, 1.54) is 27.9 Å². The second kappa shape index (κ2) is 5.89. The van der Waals surface area contributed by atoms with E-state index in [0.29, 0.717) is 12.8 Å². The molecule has 1 aliphatic carbocycles. The lowest BCUT2D eigenvalue weighted by atomic mass is 9.87. The fourth-order valence-electron chi connectivity index (χ4n) is 3.60. The van der Waals surface area contributed by atoms with Gasteiger partial charge in [-0.05, 0) is 25.8 Å². The van der Waals surface area contributed by atoms with E-state index in [0.717, 1.165) is 0 Å². The second-order valence-corrected chi connectivity index (χ2v) is 6.35. The summed E-state index contributed by atoms with van der Waals surface area (Å²) in [4.78, 5) is 30.0. The Balaban J connectivity index is 1.73. The van der Waals surface area contributed by atoms with Gasteiger partial charge in [0, 0.05) is 12.6 Å². The van der Waals surface area contributed by atoms with Crippen molar-refractivity contribution in [3.8, 4) is 0 Å². The number of nitrogens with zero attached hydrogens (tertiary/aromatic N) is 4. The molecule has 26 heavy (non-hydrogen) atoms. The standard InChI is InChI=1S/C16H17F2N5O3/c1-2-26-14(24)9-8-19-22-7-5-11(20-13(9)22)23-10-4-3-6-16(17,18)12(10)21-15(23)25/h5,7-8,10,12H,2-4,6H2,1H3,(H,21,25)/t10-,12-/m1/s1. The lowest BCUT2D eigenvalue weighted by molar-refractivity contribution is -0.0595. The van der Waals surface area contributed by atoms with Crippen molar-refractivity contribution in [3.05, 3.63) is 24.0 Å². The number of hydrogen-bond donors (Lipinski definition) is 1. The van der Waals surface area contributed by atoms with Crippen LogP contribution in [0.25, 0.3) is 5.65 Å². The Bertz CT molecular complexity index is 884. The highest BCUT2D eigenvalue weighted by Crippen LogP contribution is 2.40. The molecule has 2 atom stereocenters. The number of alkyl halides is 2. The summed E-state index contributed by atoms with van der Waals surface area (Å²) >= 11 is 0. The topological polar surface area (TPSA) is 88.8 Å². The Morgan fingerprint density at radius 1 is 1.50 bits per heavy atom. The van der Waals surface area contributed by atoms with Crippen molar-refractivity contribution in [2.45, 2.75) is 44.2 Å². The van der Waals surface area contributed by atoms with Gasteiger partial charge in [-0.1, -0.05) is 0 Å². The lowest BCUT2D eigenvalue weighted by Gasteiger charge is -2.34. The molecule has 2 aromatic heterocycles. The summed E-state index contributed by atoms with van der Waals surface area (Å²) in [5.74, 6) is -3.34. The molecule has 2 aromatic rings. The number of anilines is 1. The molecule has 0 radical (unpaired) electrons. The highest BCUT2D eigenvalue weighted by Gasteiger charge is 2.55. The van der Waals surface area contributed by atoms with Gasteiger partial charge in [-0.25, -0.2) is 27.9 Å². The van der Waals surface area contributed by atoms with Crippen LogP contribution in [0.2, 0.25) is 0 Å². The van der Waals surface area contributed by atoms with Crippen molar-refractivity contribution < 1.29 is 23.1 Å². The molecular formula is C16H17F2N5O3. The Morgan fingerprint density at radius 2 is 2.31 bits per heavy atom. The predicted octanol–water partition coefficient (Wildman–Crippen LogP) is 1.99. The van der Waals surface area contributed by atoms with Gasteiger partial charge in [0.25, 0.3) is 5.92 Å². The molecule has 138 valence electrons. The normalized spacial score (nSPS) is 24.4. The van der Waals surface area contributed by atoms with Gasteiger partial charge in [-0.15, -0.1) is 0 Å². The van der Waals surface area contributed by atoms with Gasteiger partial charge < -0.3 is 10.1 Å². The summed E-state index contributed by atoms with van der Waals surface area (Å²) < 4.78 is 34.6. The summed E-state index contributed by atoms with van der Waals surface area (Å²) in [5.41, 5.74) is 0.360. The Labute approximate surface area is 147 Å². The van der Waals surface area contributed by atoms with Crippen LogP contribution in [0.1, 0.15) is 36.5 Å². The van der Waals surface area contributed by atoms with Crippen molar-refractivity contribution in [2.75, 3.05) is 11.5 Å². The number of halogens is 2. The largest absolute Gasteiger partial charge is 0.462 e. The van der Waals surface area contributed by atoms with Crippen molar-refractivity contribution >= 4 is 23.5 Å². The third-order valence-electron chi connectivity index (χ3n) is 4.78. The minimum atomic E-state index is -2.95. The number of aromatic nitrogens is 3. The summed E-state index contributed by atoms with van der Waals surface area (Å²) in [5, 5.41) is 6.40. The highest BCUT2D eigenvalue weighted by atomic mass is 19.3. The van der Waals surface area contributed by atoms with Gasteiger partial charge in [0.15, 0.2) is 5.65 Å². The minimum Gasteiger partial charge on any atom is -0.462 e. The van der Waals surface area contributed by atoms with Crippen LogP contribution in [0.4, 0.5) is 19.4 Å². The van der Waals surface area contributed by atoms with Gasteiger partial charge in [0.05, 0.1) is 18.8 Å². The molecule has 1 saturated heterocycles. The first-order valence-corrected chi connectivity index (χ1v) is 8.41. The molecule has 8 nitrogen and oxygen atoms in total. The molecule has 1 aliphatic heterocycles. The lowest BCUT2D eigenvalue weighted by Crippen LogP contribution is -2.51. The van der Waals surface area contributed by atoms with Crippen LogP contribution >= 0.6 is 0 Å². The molecule has 1 N–H and O–H groups in total. The first kappa shape index (κ1) is 16.7. The Hall–Kier alpha value is -2.78. The first-order chi connectivity index (χ1) is 12.4. The molecular weight excluding hydrogens is 348 g/mol. The molecule has 2 fully saturated rings. The number of ether oxygens (including phenoxy) is 1. The summed E-state index contributed by atoms with van der Waals surface area (Å²) in [6.45, 7) is 1.88. The molecule has 2 aliphatic rings. The fraction of sp³-hybridized carbons (Fsp3) is 0.500. The van der Waals surface area contributed by atoms with Crippen LogP contribution in [0, 0.1) is 0 Å². The molecule has 4 rings (SSSR count). The molecule has 0 bridgehead atoms. The van der Waals surface area contributed by atoms with Crippen LogP contribution in [0.3, 0.4) is 0 Å². The molecule has 0 aromatic carbocycles. The highest BCUT2D eigenvalue weighted by molar-refractivity contribution is 5.97. The average Bonchev–Trinajstić information content (AvgIpc) is 3.15. The van der Waals surface area contributed by atoms with E-state index in [1.807, 2.05) is 0 Å². The van der Waals surface area contributed by atoms with Crippen LogP contribution in [0.15, 0.2) is 18.5 Å². The summed E-state index contributed by atoms with van der Waals surface area (Å²) in [7, 11) is 0. The number of nitrogens with one attached hydrogen (secondary N) is 1. The van der Waals surface area contributed by atoms with E-state index in [1.54, 1.807) is 6.92 Å². The van der Waals surface area contributed by atoms with Crippen molar-refractivity contribution in [2.24, 2.45) is 0 Å².